The van der Waals surface area contributed by atoms with Crippen LogP contribution in [0.5, 0.6) is 0 Å². The van der Waals surface area contributed by atoms with Gasteiger partial charge in [0.25, 0.3) is 0 Å². The summed E-state index contributed by atoms with van der Waals surface area (Å²) >= 11 is 1.84. The number of hydrogen-bond donors (Lipinski definition) is 1. The molecule has 0 saturated heterocycles. The van der Waals surface area contributed by atoms with Gasteiger partial charge in [0, 0.05) is 12.1 Å². The molecular weight excluding hydrogens is 278 g/mol. The Balaban J connectivity index is 1.72. The molecule has 1 saturated carbocycles. The van der Waals surface area contributed by atoms with E-state index in [1.54, 1.807) is 0 Å². The first-order chi connectivity index (χ1) is 10.3. The van der Waals surface area contributed by atoms with Crippen LogP contribution in [0.2, 0.25) is 0 Å². The van der Waals surface area contributed by atoms with Gasteiger partial charge < -0.3 is 5.73 Å². The van der Waals surface area contributed by atoms with Crippen LogP contribution in [0, 0.1) is 0 Å². The monoisotopic (exact) mass is 303 g/mol. The Bertz CT molecular complexity index is 539. The highest BCUT2D eigenvalue weighted by molar-refractivity contribution is 7.18. The van der Waals surface area contributed by atoms with Crippen molar-refractivity contribution >= 4 is 21.6 Å². The molecule has 4 heteroatoms. The molecule has 1 aromatic heterocycles. The van der Waals surface area contributed by atoms with E-state index in [2.05, 4.69) is 36.1 Å². The van der Waals surface area contributed by atoms with Crippen LogP contribution in [0.25, 0.3) is 10.2 Å². The Morgan fingerprint density at radius 1 is 1.24 bits per heavy atom. The molecule has 0 bridgehead atoms. The van der Waals surface area contributed by atoms with Crippen LogP contribution in [0.3, 0.4) is 0 Å². The minimum absolute atomic E-state index is 0.423. The van der Waals surface area contributed by atoms with Gasteiger partial charge in [0.2, 0.25) is 0 Å². The van der Waals surface area contributed by atoms with Crippen molar-refractivity contribution in [2.24, 2.45) is 5.73 Å². The van der Waals surface area contributed by atoms with E-state index in [0.29, 0.717) is 12.1 Å². The van der Waals surface area contributed by atoms with Crippen LogP contribution >= 0.6 is 11.3 Å². The second-order valence-electron chi connectivity index (χ2n) is 6.11. The minimum Gasteiger partial charge on any atom is -0.328 e. The highest BCUT2D eigenvalue weighted by Crippen LogP contribution is 2.27. The SMILES string of the molecule is CCCN(Cc1nc2ccccc2s1)C1CCC(N)CC1. The van der Waals surface area contributed by atoms with Gasteiger partial charge in [0.15, 0.2) is 0 Å². The standard InChI is InChI=1S/C17H25N3S/c1-2-11-20(14-9-7-13(18)8-10-14)12-17-19-15-5-3-4-6-16(15)21-17/h3-6,13-14H,2,7-12,18H2,1H3. The number of rotatable bonds is 5. The average Bonchev–Trinajstić information content (AvgIpc) is 2.90. The van der Waals surface area contributed by atoms with E-state index in [1.165, 1.54) is 41.8 Å². The molecular formula is C17H25N3S. The molecule has 2 aromatic rings. The summed E-state index contributed by atoms with van der Waals surface area (Å²) in [5, 5.41) is 1.25. The number of nitrogens with zero attached hydrogens (tertiary/aromatic N) is 2. The lowest BCUT2D eigenvalue weighted by atomic mass is 9.90. The summed E-state index contributed by atoms with van der Waals surface area (Å²) < 4.78 is 1.30. The number of thiazole rings is 1. The first kappa shape index (κ1) is 14.9. The molecule has 0 radical (unpaired) electrons. The van der Waals surface area contributed by atoms with E-state index in [0.717, 1.165) is 18.6 Å². The van der Waals surface area contributed by atoms with Crippen LogP contribution < -0.4 is 5.73 Å². The highest BCUT2D eigenvalue weighted by atomic mass is 32.1. The average molecular weight is 303 g/mol. The van der Waals surface area contributed by atoms with Crippen LogP contribution in [-0.4, -0.2) is 28.5 Å². The largest absolute Gasteiger partial charge is 0.328 e. The molecule has 114 valence electrons. The van der Waals surface area contributed by atoms with Gasteiger partial charge in [-0.2, -0.15) is 0 Å². The molecule has 3 nitrogen and oxygen atoms in total. The van der Waals surface area contributed by atoms with E-state index in [4.69, 9.17) is 10.7 Å². The lowest BCUT2D eigenvalue weighted by Crippen LogP contribution is -2.40. The molecule has 0 unspecified atom stereocenters. The first-order valence-electron chi connectivity index (χ1n) is 8.10. The molecule has 2 N–H and O–H groups in total. The van der Waals surface area contributed by atoms with Gasteiger partial charge in [0.1, 0.15) is 5.01 Å². The van der Waals surface area contributed by atoms with Gasteiger partial charge >= 0.3 is 0 Å². The number of nitrogens with two attached hydrogens (primary N) is 1. The Hall–Kier alpha value is -0.970. The zero-order valence-corrected chi connectivity index (χ0v) is 13.6. The predicted octanol–water partition coefficient (Wildman–Crippen LogP) is 3.78. The van der Waals surface area contributed by atoms with Gasteiger partial charge in [-0.25, -0.2) is 4.98 Å². The number of benzene rings is 1. The maximum atomic E-state index is 6.05. The third-order valence-corrected chi connectivity index (χ3v) is 5.47. The molecule has 21 heavy (non-hydrogen) atoms. The molecule has 0 spiro atoms. The van der Waals surface area contributed by atoms with Crippen LogP contribution in [0.4, 0.5) is 0 Å². The molecule has 1 aliphatic carbocycles. The van der Waals surface area contributed by atoms with Crippen molar-refractivity contribution in [3.63, 3.8) is 0 Å². The van der Waals surface area contributed by atoms with Crippen molar-refractivity contribution in [1.29, 1.82) is 0 Å². The van der Waals surface area contributed by atoms with E-state index in [1.807, 2.05) is 11.3 Å². The zero-order valence-electron chi connectivity index (χ0n) is 12.8. The van der Waals surface area contributed by atoms with E-state index < -0.39 is 0 Å². The Morgan fingerprint density at radius 3 is 2.71 bits per heavy atom. The van der Waals surface area contributed by atoms with Gasteiger partial charge in [-0.1, -0.05) is 19.1 Å². The molecule has 0 atom stereocenters. The van der Waals surface area contributed by atoms with Crippen LogP contribution in [-0.2, 0) is 6.54 Å². The van der Waals surface area contributed by atoms with Crippen molar-refractivity contribution in [3.8, 4) is 0 Å². The maximum absolute atomic E-state index is 6.05. The van der Waals surface area contributed by atoms with E-state index in [9.17, 15) is 0 Å². The Morgan fingerprint density at radius 2 is 2.00 bits per heavy atom. The maximum Gasteiger partial charge on any atom is 0.108 e. The second-order valence-corrected chi connectivity index (χ2v) is 7.23. The minimum atomic E-state index is 0.423. The second kappa shape index (κ2) is 6.86. The summed E-state index contributed by atoms with van der Waals surface area (Å²) in [4.78, 5) is 7.43. The molecule has 0 amide bonds. The van der Waals surface area contributed by atoms with Crippen molar-refractivity contribution in [3.05, 3.63) is 29.3 Å². The molecule has 1 fully saturated rings. The normalized spacial score (nSPS) is 23.0. The number of para-hydroxylation sites is 1. The zero-order chi connectivity index (χ0) is 14.7. The van der Waals surface area contributed by atoms with E-state index >= 15 is 0 Å². The highest BCUT2D eigenvalue weighted by Gasteiger charge is 2.24. The van der Waals surface area contributed by atoms with Gasteiger partial charge in [-0.3, -0.25) is 4.90 Å². The summed E-state index contributed by atoms with van der Waals surface area (Å²) in [6, 6.07) is 9.55. The van der Waals surface area contributed by atoms with Crippen molar-refractivity contribution in [2.45, 2.75) is 57.7 Å². The predicted molar refractivity (Wildman–Crippen MR) is 90.6 cm³/mol. The smallest absolute Gasteiger partial charge is 0.108 e. The summed E-state index contributed by atoms with van der Waals surface area (Å²) in [6.07, 6.45) is 6.03. The number of fused-ring (bicyclic) bond motifs is 1. The topological polar surface area (TPSA) is 42.2 Å². The Labute approximate surface area is 131 Å². The first-order valence-corrected chi connectivity index (χ1v) is 8.92. The Kier molecular flexibility index (Phi) is 4.88. The van der Waals surface area contributed by atoms with Crippen molar-refractivity contribution in [1.82, 2.24) is 9.88 Å². The fourth-order valence-corrected chi connectivity index (χ4v) is 4.30. The third-order valence-electron chi connectivity index (χ3n) is 4.45. The van der Waals surface area contributed by atoms with Gasteiger partial charge in [-0.05, 0) is 50.8 Å². The number of hydrogen-bond acceptors (Lipinski definition) is 4. The van der Waals surface area contributed by atoms with Gasteiger partial charge in [-0.15, -0.1) is 11.3 Å². The summed E-state index contributed by atoms with van der Waals surface area (Å²) in [6.45, 7) is 4.42. The quantitative estimate of drug-likeness (QED) is 0.914. The molecule has 1 aliphatic rings. The summed E-state index contributed by atoms with van der Waals surface area (Å²) in [7, 11) is 0. The lowest BCUT2D eigenvalue weighted by Gasteiger charge is -2.35. The molecule has 0 aliphatic heterocycles. The summed E-state index contributed by atoms with van der Waals surface area (Å²) in [5.74, 6) is 0. The fraction of sp³-hybridized carbons (Fsp3) is 0.588. The third kappa shape index (κ3) is 3.62. The summed E-state index contributed by atoms with van der Waals surface area (Å²) in [5.41, 5.74) is 7.18. The van der Waals surface area contributed by atoms with Gasteiger partial charge in [0.05, 0.1) is 16.8 Å². The van der Waals surface area contributed by atoms with Crippen LogP contribution in [0.15, 0.2) is 24.3 Å². The van der Waals surface area contributed by atoms with Crippen LogP contribution in [0.1, 0.15) is 44.0 Å². The van der Waals surface area contributed by atoms with E-state index in [-0.39, 0.29) is 0 Å². The molecule has 3 rings (SSSR count). The fourth-order valence-electron chi connectivity index (χ4n) is 3.31. The molecule has 1 aromatic carbocycles. The molecule has 1 heterocycles. The number of aromatic nitrogens is 1. The van der Waals surface area contributed by atoms with Crippen molar-refractivity contribution < 1.29 is 0 Å². The lowest BCUT2D eigenvalue weighted by molar-refractivity contribution is 0.142. The van der Waals surface area contributed by atoms with Crippen molar-refractivity contribution in [2.75, 3.05) is 6.54 Å².